The molecule has 4 rings (SSSR count). The summed E-state index contributed by atoms with van der Waals surface area (Å²) in [6.45, 7) is 1.11. The van der Waals surface area contributed by atoms with Crippen molar-refractivity contribution in [3.63, 3.8) is 0 Å². The molecule has 2 aromatic heterocycles. The monoisotopic (exact) mass is 281 g/mol. The van der Waals surface area contributed by atoms with Crippen LogP contribution in [-0.4, -0.2) is 16.5 Å². The summed E-state index contributed by atoms with van der Waals surface area (Å²) in [6, 6.07) is 10.9. The number of hydrogen-bond donors (Lipinski definition) is 1. The fourth-order valence-corrected chi connectivity index (χ4v) is 3.59. The van der Waals surface area contributed by atoms with Gasteiger partial charge < -0.3 is 5.32 Å². The van der Waals surface area contributed by atoms with Gasteiger partial charge in [0.15, 0.2) is 0 Å². The molecule has 1 aliphatic heterocycles. The van der Waals surface area contributed by atoms with Gasteiger partial charge in [-0.05, 0) is 43.7 Å². The molecule has 1 atom stereocenters. The molecule has 0 spiro atoms. The number of fused-ring (bicyclic) bond motifs is 1. The van der Waals surface area contributed by atoms with Crippen molar-refractivity contribution >= 4 is 22.2 Å². The summed E-state index contributed by atoms with van der Waals surface area (Å²) in [7, 11) is 0. The second kappa shape index (κ2) is 4.96. The standard InChI is InChI=1S/C16H15N3S/c1-3-11-9-12(5-6-13(11)17-7-1)16-19-15(10-20-16)14-4-2-8-18-14/h1,3,5-7,9-10,14,18H,2,4,8H2/t14-/m0/s1. The topological polar surface area (TPSA) is 37.8 Å². The Balaban J connectivity index is 1.71. The second-order valence-corrected chi connectivity index (χ2v) is 6.00. The predicted molar refractivity (Wildman–Crippen MR) is 82.8 cm³/mol. The molecule has 3 nitrogen and oxygen atoms in total. The molecule has 3 aromatic rings. The molecule has 3 heterocycles. The normalized spacial score (nSPS) is 18.7. The van der Waals surface area contributed by atoms with Gasteiger partial charge in [0.05, 0.1) is 17.3 Å². The van der Waals surface area contributed by atoms with E-state index in [2.05, 4.69) is 39.9 Å². The van der Waals surface area contributed by atoms with Gasteiger partial charge in [-0.2, -0.15) is 0 Å². The average molecular weight is 281 g/mol. The van der Waals surface area contributed by atoms with Gasteiger partial charge in [0.1, 0.15) is 5.01 Å². The molecule has 0 radical (unpaired) electrons. The van der Waals surface area contributed by atoms with Crippen molar-refractivity contribution in [2.24, 2.45) is 0 Å². The van der Waals surface area contributed by atoms with Gasteiger partial charge in [0.25, 0.3) is 0 Å². The van der Waals surface area contributed by atoms with Crippen LogP contribution in [0.5, 0.6) is 0 Å². The largest absolute Gasteiger partial charge is 0.309 e. The van der Waals surface area contributed by atoms with E-state index in [1.807, 2.05) is 12.3 Å². The van der Waals surface area contributed by atoms with Crippen LogP contribution in [0.25, 0.3) is 21.5 Å². The van der Waals surface area contributed by atoms with Gasteiger partial charge in [0.2, 0.25) is 0 Å². The number of nitrogens with zero attached hydrogens (tertiary/aromatic N) is 2. The molecule has 0 bridgehead atoms. The minimum Gasteiger partial charge on any atom is -0.309 e. The van der Waals surface area contributed by atoms with E-state index < -0.39 is 0 Å². The van der Waals surface area contributed by atoms with Crippen LogP contribution < -0.4 is 5.32 Å². The first-order valence-corrected chi connectivity index (χ1v) is 7.82. The highest BCUT2D eigenvalue weighted by atomic mass is 32.1. The minimum atomic E-state index is 0.446. The summed E-state index contributed by atoms with van der Waals surface area (Å²) >= 11 is 1.73. The lowest BCUT2D eigenvalue weighted by Gasteiger charge is -2.05. The van der Waals surface area contributed by atoms with E-state index in [4.69, 9.17) is 4.98 Å². The van der Waals surface area contributed by atoms with E-state index in [0.717, 1.165) is 17.1 Å². The second-order valence-electron chi connectivity index (χ2n) is 5.14. The number of nitrogens with one attached hydrogen (secondary N) is 1. The molecule has 1 N–H and O–H groups in total. The number of rotatable bonds is 2. The summed E-state index contributed by atoms with van der Waals surface area (Å²) < 4.78 is 0. The minimum absolute atomic E-state index is 0.446. The maximum Gasteiger partial charge on any atom is 0.123 e. The summed E-state index contributed by atoms with van der Waals surface area (Å²) in [5.74, 6) is 0. The van der Waals surface area contributed by atoms with Gasteiger partial charge in [0, 0.05) is 22.5 Å². The van der Waals surface area contributed by atoms with Crippen molar-refractivity contribution < 1.29 is 0 Å². The van der Waals surface area contributed by atoms with E-state index >= 15 is 0 Å². The number of benzene rings is 1. The molecule has 1 aliphatic rings. The Labute approximate surface area is 121 Å². The summed E-state index contributed by atoms with van der Waals surface area (Å²) in [5, 5.41) is 7.95. The van der Waals surface area contributed by atoms with Gasteiger partial charge in [-0.25, -0.2) is 4.98 Å². The van der Waals surface area contributed by atoms with Crippen LogP contribution in [0.4, 0.5) is 0 Å². The third-order valence-electron chi connectivity index (χ3n) is 3.79. The molecule has 1 saturated heterocycles. The number of thiazole rings is 1. The zero-order valence-corrected chi connectivity index (χ0v) is 11.9. The molecule has 100 valence electrons. The highest BCUT2D eigenvalue weighted by Gasteiger charge is 2.19. The first-order valence-electron chi connectivity index (χ1n) is 6.94. The van der Waals surface area contributed by atoms with Crippen molar-refractivity contribution in [3.8, 4) is 10.6 Å². The van der Waals surface area contributed by atoms with Gasteiger partial charge in [-0.15, -0.1) is 11.3 Å². The maximum atomic E-state index is 4.80. The van der Waals surface area contributed by atoms with E-state index in [1.54, 1.807) is 11.3 Å². The summed E-state index contributed by atoms with van der Waals surface area (Å²) in [5.41, 5.74) is 3.40. The molecule has 4 heteroatoms. The molecule has 0 saturated carbocycles. The molecule has 0 aliphatic carbocycles. The number of pyridine rings is 1. The molecular formula is C16H15N3S. The van der Waals surface area contributed by atoms with Crippen LogP contribution >= 0.6 is 11.3 Å². The van der Waals surface area contributed by atoms with E-state index in [9.17, 15) is 0 Å². The van der Waals surface area contributed by atoms with E-state index in [1.165, 1.54) is 29.5 Å². The Bertz CT molecular complexity index is 744. The smallest absolute Gasteiger partial charge is 0.123 e. The Kier molecular flexibility index (Phi) is 2.98. The van der Waals surface area contributed by atoms with Crippen LogP contribution in [0.3, 0.4) is 0 Å². The van der Waals surface area contributed by atoms with Crippen LogP contribution in [0, 0.1) is 0 Å². The molecule has 1 fully saturated rings. The van der Waals surface area contributed by atoms with Gasteiger partial charge in [-0.1, -0.05) is 6.07 Å². The lowest BCUT2D eigenvalue weighted by Crippen LogP contribution is -2.12. The molecule has 0 unspecified atom stereocenters. The summed E-state index contributed by atoms with van der Waals surface area (Å²) in [6.07, 6.45) is 4.28. The lowest BCUT2D eigenvalue weighted by atomic mass is 10.1. The molecule has 0 amide bonds. The lowest BCUT2D eigenvalue weighted by molar-refractivity contribution is 0.632. The Hall–Kier alpha value is -1.78. The first kappa shape index (κ1) is 12.0. The Morgan fingerprint density at radius 2 is 2.25 bits per heavy atom. The fourth-order valence-electron chi connectivity index (χ4n) is 2.72. The average Bonchev–Trinajstić information content (AvgIpc) is 3.17. The third-order valence-corrected chi connectivity index (χ3v) is 4.70. The van der Waals surface area contributed by atoms with Crippen molar-refractivity contribution in [2.45, 2.75) is 18.9 Å². The van der Waals surface area contributed by atoms with E-state index in [-0.39, 0.29) is 0 Å². The van der Waals surface area contributed by atoms with Gasteiger partial charge >= 0.3 is 0 Å². The fraction of sp³-hybridized carbons (Fsp3) is 0.250. The SMILES string of the molecule is c1cnc2ccc(-c3nc([C@@H]4CCCN4)cs3)cc2c1. The quantitative estimate of drug-likeness (QED) is 0.776. The third kappa shape index (κ3) is 2.11. The zero-order chi connectivity index (χ0) is 13.4. The zero-order valence-electron chi connectivity index (χ0n) is 11.0. The van der Waals surface area contributed by atoms with Crippen LogP contribution in [-0.2, 0) is 0 Å². The predicted octanol–water partition coefficient (Wildman–Crippen LogP) is 3.78. The van der Waals surface area contributed by atoms with E-state index in [0.29, 0.717) is 6.04 Å². The van der Waals surface area contributed by atoms with Crippen LogP contribution in [0.2, 0.25) is 0 Å². The van der Waals surface area contributed by atoms with Crippen molar-refractivity contribution in [1.82, 2.24) is 15.3 Å². The van der Waals surface area contributed by atoms with Crippen molar-refractivity contribution in [2.75, 3.05) is 6.54 Å². The van der Waals surface area contributed by atoms with Crippen molar-refractivity contribution in [1.29, 1.82) is 0 Å². The molecular weight excluding hydrogens is 266 g/mol. The summed E-state index contributed by atoms with van der Waals surface area (Å²) in [4.78, 5) is 9.16. The van der Waals surface area contributed by atoms with Crippen LogP contribution in [0.1, 0.15) is 24.6 Å². The molecule has 1 aromatic carbocycles. The first-order chi connectivity index (χ1) is 9.90. The Morgan fingerprint density at radius 3 is 3.15 bits per heavy atom. The number of hydrogen-bond acceptors (Lipinski definition) is 4. The Morgan fingerprint density at radius 1 is 1.25 bits per heavy atom. The highest BCUT2D eigenvalue weighted by Crippen LogP contribution is 2.30. The van der Waals surface area contributed by atoms with Crippen molar-refractivity contribution in [3.05, 3.63) is 47.6 Å². The maximum absolute atomic E-state index is 4.80. The highest BCUT2D eigenvalue weighted by molar-refractivity contribution is 7.13. The van der Waals surface area contributed by atoms with Gasteiger partial charge in [-0.3, -0.25) is 4.98 Å². The van der Waals surface area contributed by atoms with Crippen LogP contribution in [0.15, 0.2) is 41.9 Å². The molecule has 20 heavy (non-hydrogen) atoms. The number of aromatic nitrogens is 2.